The third-order valence-corrected chi connectivity index (χ3v) is 4.54. The zero-order valence-corrected chi connectivity index (χ0v) is 22.4. The highest BCUT2D eigenvalue weighted by atomic mass is 16.6. The number of ether oxygens (including phenoxy) is 9. The normalized spacial score (nSPS) is 11.5. The summed E-state index contributed by atoms with van der Waals surface area (Å²) < 4.78 is 50.5. The van der Waals surface area contributed by atoms with Gasteiger partial charge in [0, 0.05) is 6.61 Å². The Labute approximate surface area is 220 Å². The molecular weight excluding hydrogens is 490 g/mol. The zero-order valence-electron chi connectivity index (χ0n) is 22.4. The first-order valence-electron chi connectivity index (χ1n) is 13.1. The quantitative estimate of drug-likeness (QED) is 0.136. The van der Waals surface area contributed by atoms with Gasteiger partial charge in [0.05, 0.1) is 132 Å². The van der Waals surface area contributed by atoms with Crippen molar-refractivity contribution in [2.24, 2.45) is 0 Å². The minimum atomic E-state index is -0.112. The summed E-state index contributed by atoms with van der Waals surface area (Å²) in [5.41, 5.74) is 0.545. The summed E-state index contributed by atoms with van der Waals surface area (Å²) in [6.07, 6.45) is 2.71. The molecule has 0 bridgehead atoms. The third-order valence-electron chi connectivity index (χ3n) is 4.54. The fourth-order valence-electron chi connectivity index (χ4n) is 2.68. The second-order valence-corrected chi connectivity index (χ2v) is 7.64. The van der Waals surface area contributed by atoms with Gasteiger partial charge in [0.1, 0.15) is 5.69 Å². The van der Waals surface area contributed by atoms with E-state index in [1.54, 1.807) is 10.9 Å². The van der Waals surface area contributed by atoms with Gasteiger partial charge in [-0.3, -0.25) is 0 Å². The maximum Gasteiger partial charge on any atom is 0.108 e. The average molecular weight is 538 g/mol. The Morgan fingerprint density at radius 3 is 1.16 bits per heavy atom. The highest BCUT2D eigenvalue weighted by molar-refractivity contribution is 4.88. The van der Waals surface area contributed by atoms with Crippen molar-refractivity contribution in [2.45, 2.75) is 26.5 Å². The molecular formula is C24H47N3O10. The van der Waals surface area contributed by atoms with Gasteiger partial charge in [0.15, 0.2) is 0 Å². The van der Waals surface area contributed by atoms with E-state index < -0.39 is 0 Å². The Bertz CT molecular complexity index is 583. The predicted octanol–water partition coefficient (Wildman–Crippen LogP) is 0.330. The van der Waals surface area contributed by atoms with Crippen molar-refractivity contribution in [3.05, 3.63) is 11.9 Å². The molecule has 0 atom stereocenters. The molecule has 0 radical (unpaired) electrons. The van der Waals surface area contributed by atoms with Crippen molar-refractivity contribution in [2.75, 3.05) is 119 Å². The average Bonchev–Trinajstić information content (AvgIpc) is 3.38. The van der Waals surface area contributed by atoms with Gasteiger partial charge in [-0.15, -0.1) is 5.10 Å². The van der Waals surface area contributed by atoms with Gasteiger partial charge in [0.2, 0.25) is 0 Å². The van der Waals surface area contributed by atoms with E-state index in [9.17, 15) is 0 Å². The van der Waals surface area contributed by atoms with Crippen LogP contribution < -0.4 is 0 Å². The minimum absolute atomic E-state index is 0.112. The molecule has 13 heteroatoms. The molecule has 0 unspecified atom stereocenters. The molecule has 0 aliphatic rings. The third kappa shape index (κ3) is 23.6. The maximum atomic E-state index is 8.93. The summed E-state index contributed by atoms with van der Waals surface area (Å²) in [6, 6.07) is 0. The Balaban J connectivity index is 1.64. The smallest absolute Gasteiger partial charge is 0.108 e. The van der Waals surface area contributed by atoms with Gasteiger partial charge in [-0.1, -0.05) is 12.1 Å². The molecule has 218 valence electrons. The van der Waals surface area contributed by atoms with Gasteiger partial charge >= 0.3 is 0 Å². The van der Waals surface area contributed by atoms with E-state index >= 15 is 0 Å². The lowest BCUT2D eigenvalue weighted by Gasteiger charge is -2.09. The number of aliphatic hydroxyl groups excluding tert-OH is 1. The molecule has 37 heavy (non-hydrogen) atoms. The molecule has 0 saturated carbocycles. The van der Waals surface area contributed by atoms with Crippen LogP contribution in [-0.4, -0.2) is 139 Å². The predicted molar refractivity (Wildman–Crippen MR) is 134 cm³/mol. The molecule has 0 aliphatic heterocycles. The lowest BCUT2D eigenvalue weighted by atomic mass is 10.5. The van der Waals surface area contributed by atoms with Crippen LogP contribution in [0.1, 0.15) is 19.0 Å². The lowest BCUT2D eigenvalue weighted by molar-refractivity contribution is -0.0251. The van der Waals surface area contributed by atoms with Gasteiger partial charge in [-0.25, -0.2) is 4.68 Å². The Hall–Kier alpha value is -1.26. The molecule has 1 heterocycles. The SMILES string of the molecule is CCCOCCOCCOCCOCCOCCOCCOCCOCCOCCn1cc(CO)nn1. The Morgan fingerprint density at radius 2 is 0.865 bits per heavy atom. The van der Waals surface area contributed by atoms with E-state index in [0.717, 1.165) is 13.0 Å². The Kier molecular flexibility index (Phi) is 25.3. The van der Waals surface area contributed by atoms with Crippen molar-refractivity contribution in [3.8, 4) is 0 Å². The summed E-state index contributed by atoms with van der Waals surface area (Å²) >= 11 is 0. The van der Waals surface area contributed by atoms with Gasteiger partial charge < -0.3 is 47.7 Å². The highest BCUT2D eigenvalue weighted by Gasteiger charge is 1.99. The van der Waals surface area contributed by atoms with E-state index in [1.807, 2.05) is 0 Å². The van der Waals surface area contributed by atoms with E-state index in [4.69, 9.17) is 47.7 Å². The summed E-state index contributed by atoms with van der Waals surface area (Å²) in [6.45, 7) is 12.3. The Morgan fingerprint density at radius 1 is 0.541 bits per heavy atom. The number of hydrogen-bond donors (Lipinski definition) is 1. The van der Waals surface area contributed by atoms with Crippen molar-refractivity contribution in [1.82, 2.24) is 15.0 Å². The van der Waals surface area contributed by atoms with Crippen molar-refractivity contribution in [3.63, 3.8) is 0 Å². The standard InChI is InChI=1S/C24H47N3O10/c1-2-4-29-6-8-31-10-12-33-14-16-35-18-20-37-21-19-36-17-15-34-13-11-32-9-7-30-5-3-27-22-24(23-28)25-26-27/h22,28H,2-21,23H2,1H3. The first kappa shape index (κ1) is 33.8. The summed E-state index contributed by atoms with van der Waals surface area (Å²) in [5, 5.41) is 16.6. The first-order valence-corrected chi connectivity index (χ1v) is 13.1. The molecule has 1 rings (SSSR count). The molecule has 0 saturated heterocycles. The van der Waals surface area contributed by atoms with Gasteiger partial charge in [0.25, 0.3) is 0 Å². The fraction of sp³-hybridized carbons (Fsp3) is 0.917. The van der Waals surface area contributed by atoms with E-state index in [0.29, 0.717) is 125 Å². The van der Waals surface area contributed by atoms with Crippen LogP contribution in [0.25, 0.3) is 0 Å². The number of rotatable bonds is 30. The van der Waals surface area contributed by atoms with Crippen molar-refractivity contribution < 1.29 is 47.7 Å². The van der Waals surface area contributed by atoms with Crippen molar-refractivity contribution >= 4 is 0 Å². The molecule has 1 aromatic heterocycles. The van der Waals surface area contributed by atoms with Crippen LogP contribution in [0.15, 0.2) is 6.20 Å². The summed E-state index contributed by atoms with van der Waals surface area (Å²) in [5.74, 6) is 0. The van der Waals surface area contributed by atoms with E-state index in [-0.39, 0.29) is 6.61 Å². The molecule has 0 aromatic carbocycles. The van der Waals surface area contributed by atoms with Crippen LogP contribution in [0.5, 0.6) is 0 Å². The molecule has 0 spiro atoms. The number of nitrogens with zero attached hydrogens (tertiary/aromatic N) is 3. The van der Waals surface area contributed by atoms with Crippen LogP contribution in [0.2, 0.25) is 0 Å². The van der Waals surface area contributed by atoms with Gasteiger partial charge in [-0.05, 0) is 6.42 Å². The number of hydrogen-bond acceptors (Lipinski definition) is 12. The molecule has 0 amide bonds. The van der Waals surface area contributed by atoms with Crippen molar-refractivity contribution in [1.29, 1.82) is 0 Å². The van der Waals surface area contributed by atoms with Crippen LogP contribution in [0, 0.1) is 0 Å². The van der Waals surface area contributed by atoms with E-state index in [1.165, 1.54) is 0 Å². The summed E-state index contributed by atoms with van der Waals surface area (Å²) in [7, 11) is 0. The number of aliphatic hydroxyl groups is 1. The molecule has 13 nitrogen and oxygen atoms in total. The first-order chi connectivity index (χ1) is 18.4. The summed E-state index contributed by atoms with van der Waals surface area (Å²) in [4.78, 5) is 0. The lowest BCUT2D eigenvalue weighted by Crippen LogP contribution is -2.15. The maximum absolute atomic E-state index is 8.93. The molecule has 1 N–H and O–H groups in total. The fourth-order valence-corrected chi connectivity index (χ4v) is 2.68. The second kappa shape index (κ2) is 27.8. The molecule has 0 fully saturated rings. The largest absolute Gasteiger partial charge is 0.390 e. The van der Waals surface area contributed by atoms with Crippen LogP contribution in [-0.2, 0) is 55.8 Å². The monoisotopic (exact) mass is 537 g/mol. The van der Waals surface area contributed by atoms with Crippen LogP contribution in [0.4, 0.5) is 0 Å². The minimum Gasteiger partial charge on any atom is -0.390 e. The van der Waals surface area contributed by atoms with Crippen LogP contribution >= 0.6 is 0 Å². The zero-order chi connectivity index (χ0) is 26.5. The van der Waals surface area contributed by atoms with Crippen LogP contribution in [0.3, 0.4) is 0 Å². The molecule has 1 aromatic rings. The van der Waals surface area contributed by atoms with E-state index in [2.05, 4.69) is 17.2 Å². The topological polar surface area (TPSA) is 134 Å². The molecule has 0 aliphatic carbocycles. The van der Waals surface area contributed by atoms with Gasteiger partial charge in [-0.2, -0.15) is 0 Å². The second-order valence-electron chi connectivity index (χ2n) is 7.64. The number of aromatic nitrogens is 3. The highest BCUT2D eigenvalue weighted by Crippen LogP contribution is 1.92.